The molecule has 1 heterocycles. The first-order valence-electron chi connectivity index (χ1n) is 5.93. The molecule has 0 spiro atoms. The molecule has 0 amide bonds. The Balaban J connectivity index is 2.30. The zero-order valence-electron chi connectivity index (χ0n) is 10.1. The standard InChI is InChI=1S/C13H19NO3/c1-15-12-5-2-4-11(10-12)13(6-7-14)16-8-3-9-17-13/h2,4-5,10H,3,6-9,14H2,1H3. The molecule has 0 radical (unpaired) electrons. The average molecular weight is 237 g/mol. The lowest BCUT2D eigenvalue weighted by molar-refractivity contribution is -0.278. The van der Waals surface area contributed by atoms with Crippen LogP contribution in [0.15, 0.2) is 24.3 Å². The van der Waals surface area contributed by atoms with Crippen molar-refractivity contribution in [2.75, 3.05) is 26.9 Å². The molecule has 0 bridgehead atoms. The molecule has 0 saturated carbocycles. The molecule has 0 atom stereocenters. The van der Waals surface area contributed by atoms with Crippen LogP contribution in [0.3, 0.4) is 0 Å². The van der Waals surface area contributed by atoms with Crippen molar-refractivity contribution in [1.29, 1.82) is 0 Å². The predicted octanol–water partition coefficient (Wildman–Crippen LogP) is 1.63. The number of rotatable bonds is 4. The van der Waals surface area contributed by atoms with Crippen LogP contribution >= 0.6 is 0 Å². The maximum absolute atomic E-state index is 5.83. The monoisotopic (exact) mass is 237 g/mol. The van der Waals surface area contributed by atoms with Crippen molar-refractivity contribution in [3.8, 4) is 5.75 Å². The molecular weight excluding hydrogens is 218 g/mol. The van der Waals surface area contributed by atoms with E-state index in [1.165, 1.54) is 0 Å². The van der Waals surface area contributed by atoms with Gasteiger partial charge in [-0.2, -0.15) is 0 Å². The molecule has 1 aromatic carbocycles. The van der Waals surface area contributed by atoms with Crippen molar-refractivity contribution in [2.45, 2.75) is 18.6 Å². The normalized spacial score (nSPS) is 18.9. The molecule has 4 nitrogen and oxygen atoms in total. The quantitative estimate of drug-likeness (QED) is 0.864. The second-order valence-corrected chi connectivity index (χ2v) is 4.07. The van der Waals surface area contributed by atoms with E-state index < -0.39 is 5.79 Å². The van der Waals surface area contributed by atoms with E-state index in [-0.39, 0.29) is 0 Å². The fourth-order valence-corrected chi connectivity index (χ4v) is 2.08. The molecule has 1 aliphatic heterocycles. The van der Waals surface area contributed by atoms with Gasteiger partial charge in [0.15, 0.2) is 5.79 Å². The first kappa shape index (κ1) is 12.4. The molecule has 0 aromatic heterocycles. The van der Waals surface area contributed by atoms with Crippen molar-refractivity contribution in [3.63, 3.8) is 0 Å². The first-order chi connectivity index (χ1) is 8.30. The van der Waals surface area contributed by atoms with Gasteiger partial charge in [-0.3, -0.25) is 0 Å². The van der Waals surface area contributed by atoms with Crippen molar-refractivity contribution in [3.05, 3.63) is 29.8 Å². The lowest BCUT2D eigenvalue weighted by Gasteiger charge is -2.37. The van der Waals surface area contributed by atoms with Crippen LogP contribution in [0.25, 0.3) is 0 Å². The van der Waals surface area contributed by atoms with Gasteiger partial charge in [-0.1, -0.05) is 12.1 Å². The minimum absolute atomic E-state index is 0.525. The van der Waals surface area contributed by atoms with Gasteiger partial charge in [-0.25, -0.2) is 0 Å². The highest BCUT2D eigenvalue weighted by Crippen LogP contribution is 2.35. The first-order valence-corrected chi connectivity index (χ1v) is 5.93. The number of methoxy groups -OCH3 is 1. The smallest absolute Gasteiger partial charge is 0.196 e. The van der Waals surface area contributed by atoms with Crippen LogP contribution in [0.4, 0.5) is 0 Å². The molecule has 2 N–H and O–H groups in total. The molecule has 1 saturated heterocycles. The number of benzene rings is 1. The largest absolute Gasteiger partial charge is 0.497 e. The third-order valence-corrected chi connectivity index (χ3v) is 2.94. The van der Waals surface area contributed by atoms with Crippen LogP contribution in [0.5, 0.6) is 5.75 Å². The molecule has 17 heavy (non-hydrogen) atoms. The van der Waals surface area contributed by atoms with Gasteiger partial charge in [0.1, 0.15) is 5.75 Å². The summed E-state index contributed by atoms with van der Waals surface area (Å²) in [5.74, 6) is 0.110. The van der Waals surface area contributed by atoms with Gasteiger partial charge in [-0.15, -0.1) is 0 Å². The summed E-state index contributed by atoms with van der Waals surface area (Å²) < 4.78 is 16.9. The van der Waals surface area contributed by atoms with E-state index in [1.807, 2.05) is 24.3 Å². The molecule has 0 aliphatic carbocycles. The van der Waals surface area contributed by atoms with Gasteiger partial charge in [0.05, 0.1) is 20.3 Å². The Morgan fingerprint density at radius 2 is 2.12 bits per heavy atom. The van der Waals surface area contributed by atoms with Gasteiger partial charge in [0.25, 0.3) is 0 Å². The predicted molar refractivity (Wildman–Crippen MR) is 64.9 cm³/mol. The van der Waals surface area contributed by atoms with E-state index in [4.69, 9.17) is 19.9 Å². The number of hydrogen-bond acceptors (Lipinski definition) is 4. The minimum Gasteiger partial charge on any atom is -0.497 e. The van der Waals surface area contributed by atoms with E-state index in [1.54, 1.807) is 7.11 Å². The van der Waals surface area contributed by atoms with Crippen LogP contribution < -0.4 is 10.5 Å². The number of ether oxygens (including phenoxy) is 3. The van der Waals surface area contributed by atoms with Crippen molar-refractivity contribution < 1.29 is 14.2 Å². The average Bonchev–Trinajstić information content (AvgIpc) is 2.40. The topological polar surface area (TPSA) is 53.7 Å². The summed E-state index contributed by atoms with van der Waals surface area (Å²) >= 11 is 0. The summed E-state index contributed by atoms with van der Waals surface area (Å²) in [6.07, 6.45) is 1.58. The van der Waals surface area contributed by atoms with Crippen LogP contribution in [0, 0.1) is 0 Å². The fourth-order valence-electron chi connectivity index (χ4n) is 2.08. The van der Waals surface area contributed by atoms with Gasteiger partial charge in [-0.05, 0) is 25.1 Å². The molecular formula is C13H19NO3. The van der Waals surface area contributed by atoms with Crippen LogP contribution in [0.1, 0.15) is 18.4 Å². The van der Waals surface area contributed by atoms with Crippen LogP contribution in [-0.2, 0) is 15.3 Å². The minimum atomic E-state index is -0.693. The Morgan fingerprint density at radius 3 is 2.76 bits per heavy atom. The highest BCUT2D eigenvalue weighted by atomic mass is 16.7. The van der Waals surface area contributed by atoms with Crippen molar-refractivity contribution in [2.24, 2.45) is 5.73 Å². The molecule has 4 heteroatoms. The van der Waals surface area contributed by atoms with Gasteiger partial charge >= 0.3 is 0 Å². The summed E-state index contributed by atoms with van der Waals surface area (Å²) in [6, 6.07) is 7.78. The van der Waals surface area contributed by atoms with Crippen LogP contribution in [0.2, 0.25) is 0 Å². The number of nitrogens with two attached hydrogens (primary N) is 1. The molecule has 1 fully saturated rings. The fraction of sp³-hybridized carbons (Fsp3) is 0.538. The zero-order valence-corrected chi connectivity index (χ0v) is 10.1. The Morgan fingerprint density at radius 1 is 1.35 bits per heavy atom. The molecule has 1 aromatic rings. The third kappa shape index (κ3) is 2.60. The van der Waals surface area contributed by atoms with Gasteiger partial charge in [0.2, 0.25) is 0 Å². The van der Waals surface area contributed by atoms with Crippen molar-refractivity contribution in [1.82, 2.24) is 0 Å². The second-order valence-electron chi connectivity index (χ2n) is 4.07. The Labute approximate surface area is 102 Å². The summed E-state index contributed by atoms with van der Waals surface area (Å²) in [5, 5.41) is 0. The molecule has 94 valence electrons. The molecule has 1 aliphatic rings. The lowest BCUT2D eigenvalue weighted by Crippen LogP contribution is -2.39. The van der Waals surface area contributed by atoms with E-state index in [0.717, 1.165) is 17.7 Å². The lowest BCUT2D eigenvalue weighted by atomic mass is 10.0. The summed E-state index contributed by atoms with van der Waals surface area (Å²) in [6.45, 7) is 1.94. The SMILES string of the molecule is COc1cccc(C2(CCN)OCCCO2)c1. The Kier molecular flexibility index (Phi) is 3.99. The van der Waals surface area contributed by atoms with Gasteiger partial charge in [0, 0.05) is 12.0 Å². The Hall–Kier alpha value is -1.10. The maximum atomic E-state index is 5.83. The summed E-state index contributed by atoms with van der Waals surface area (Å²) in [5.41, 5.74) is 6.64. The second kappa shape index (κ2) is 5.49. The van der Waals surface area contributed by atoms with Gasteiger partial charge < -0.3 is 19.9 Å². The van der Waals surface area contributed by atoms with E-state index in [0.29, 0.717) is 26.2 Å². The van der Waals surface area contributed by atoms with Crippen molar-refractivity contribution >= 4 is 0 Å². The molecule has 2 rings (SSSR count). The van der Waals surface area contributed by atoms with Crippen LogP contribution in [-0.4, -0.2) is 26.9 Å². The highest BCUT2D eigenvalue weighted by Gasteiger charge is 2.36. The van der Waals surface area contributed by atoms with E-state index >= 15 is 0 Å². The maximum Gasteiger partial charge on any atom is 0.196 e. The zero-order chi connectivity index (χ0) is 12.1. The van der Waals surface area contributed by atoms with E-state index in [9.17, 15) is 0 Å². The summed E-state index contributed by atoms with van der Waals surface area (Å²) in [4.78, 5) is 0. The summed E-state index contributed by atoms with van der Waals surface area (Å²) in [7, 11) is 1.65. The molecule has 0 unspecified atom stereocenters. The third-order valence-electron chi connectivity index (χ3n) is 2.94. The van der Waals surface area contributed by atoms with E-state index in [2.05, 4.69) is 0 Å². The highest BCUT2D eigenvalue weighted by molar-refractivity contribution is 5.31. The Bertz CT molecular complexity index is 356. The number of hydrogen-bond donors (Lipinski definition) is 1.